The number of nitrogens with zero attached hydrogens (tertiary/aromatic N) is 1. The minimum Gasteiger partial charge on any atom is -0.361 e. The van der Waals surface area contributed by atoms with Gasteiger partial charge in [-0.2, -0.15) is 0 Å². The maximum absolute atomic E-state index is 12.8. The van der Waals surface area contributed by atoms with E-state index < -0.39 is 6.04 Å². The van der Waals surface area contributed by atoms with Crippen LogP contribution in [0.15, 0.2) is 54.7 Å². The number of aromatic nitrogens is 1. The number of imide groups is 1. The van der Waals surface area contributed by atoms with E-state index in [9.17, 15) is 9.59 Å². The number of carbonyl (C=O) groups is 2. The van der Waals surface area contributed by atoms with Crippen molar-refractivity contribution in [3.63, 3.8) is 0 Å². The zero-order valence-corrected chi connectivity index (χ0v) is 16.5. The van der Waals surface area contributed by atoms with Crippen LogP contribution in [0.1, 0.15) is 37.5 Å². The minimum absolute atomic E-state index is 0.0732. The number of fused-ring (bicyclic) bond motifs is 1. The second-order valence-electron chi connectivity index (χ2n) is 8.44. The Hall–Kier alpha value is -3.08. The van der Waals surface area contributed by atoms with Crippen LogP contribution in [0.3, 0.4) is 0 Å². The van der Waals surface area contributed by atoms with Gasteiger partial charge in [-0.25, -0.2) is 4.79 Å². The first-order valence-corrected chi connectivity index (χ1v) is 9.59. The molecule has 1 aromatic heterocycles. The summed E-state index contributed by atoms with van der Waals surface area (Å²) in [6, 6.07) is 15.2. The van der Waals surface area contributed by atoms with Gasteiger partial charge in [0, 0.05) is 23.5 Å². The van der Waals surface area contributed by atoms with Crippen LogP contribution < -0.4 is 5.32 Å². The molecule has 2 aromatic carbocycles. The van der Waals surface area contributed by atoms with Gasteiger partial charge in [-0.05, 0) is 28.2 Å². The van der Waals surface area contributed by atoms with Crippen LogP contribution in [0.25, 0.3) is 10.9 Å². The highest BCUT2D eigenvalue weighted by molar-refractivity contribution is 6.04. The average molecular weight is 375 g/mol. The summed E-state index contributed by atoms with van der Waals surface area (Å²) in [5.41, 5.74) is 4.31. The van der Waals surface area contributed by atoms with Gasteiger partial charge in [0.2, 0.25) is 0 Å². The molecule has 144 valence electrons. The minimum atomic E-state index is -0.527. The van der Waals surface area contributed by atoms with Gasteiger partial charge in [0.25, 0.3) is 5.91 Å². The topological polar surface area (TPSA) is 65.2 Å². The molecule has 4 rings (SSSR count). The molecule has 0 spiro atoms. The number of para-hydroxylation sites is 1. The second kappa shape index (κ2) is 6.82. The first kappa shape index (κ1) is 18.3. The molecule has 3 amide bonds. The monoisotopic (exact) mass is 375 g/mol. The van der Waals surface area contributed by atoms with Crippen molar-refractivity contribution in [2.45, 2.75) is 45.2 Å². The van der Waals surface area contributed by atoms with E-state index in [0.29, 0.717) is 13.0 Å². The summed E-state index contributed by atoms with van der Waals surface area (Å²) in [7, 11) is 0. The van der Waals surface area contributed by atoms with Gasteiger partial charge in [-0.3, -0.25) is 9.69 Å². The van der Waals surface area contributed by atoms with Crippen molar-refractivity contribution in [2.75, 3.05) is 0 Å². The molecule has 2 heterocycles. The largest absolute Gasteiger partial charge is 0.361 e. The van der Waals surface area contributed by atoms with Crippen LogP contribution in [0.2, 0.25) is 0 Å². The lowest BCUT2D eigenvalue weighted by atomic mass is 9.87. The number of benzene rings is 2. The molecule has 1 aliphatic heterocycles. The molecule has 0 radical (unpaired) electrons. The Labute approximate surface area is 164 Å². The maximum atomic E-state index is 12.8. The molecule has 1 saturated heterocycles. The number of urea groups is 1. The van der Waals surface area contributed by atoms with Gasteiger partial charge in [0.1, 0.15) is 6.04 Å². The van der Waals surface area contributed by atoms with E-state index in [2.05, 4.69) is 43.2 Å². The molecule has 5 nitrogen and oxygen atoms in total. The standard InChI is InChI=1S/C23H25N3O2/c1-23(2,3)17-10-8-15(9-11-17)14-26-21(27)20(25-22(26)28)12-16-13-24-19-7-5-4-6-18(16)19/h4-11,13,20,24H,12,14H2,1-3H3,(H,25,28)/t20-/m1/s1. The SMILES string of the molecule is CC(C)(C)c1ccc(CN2C(=O)N[C@H](Cc3c[nH]c4ccccc34)C2=O)cc1. The zero-order valence-electron chi connectivity index (χ0n) is 16.5. The molecule has 0 bridgehead atoms. The van der Waals surface area contributed by atoms with Crippen molar-refractivity contribution in [2.24, 2.45) is 0 Å². The van der Waals surface area contributed by atoms with Gasteiger partial charge < -0.3 is 10.3 Å². The summed E-state index contributed by atoms with van der Waals surface area (Å²) in [6.07, 6.45) is 2.39. The fourth-order valence-corrected chi connectivity index (χ4v) is 3.68. The lowest BCUT2D eigenvalue weighted by molar-refractivity contribution is -0.127. The number of amides is 3. The van der Waals surface area contributed by atoms with E-state index in [1.54, 1.807) is 0 Å². The number of hydrogen-bond acceptors (Lipinski definition) is 2. The van der Waals surface area contributed by atoms with Crippen LogP contribution >= 0.6 is 0 Å². The highest BCUT2D eigenvalue weighted by Crippen LogP contribution is 2.24. The Bertz CT molecular complexity index is 1030. The van der Waals surface area contributed by atoms with Crippen molar-refractivity contribution < 1.29 is 9.59 Å². The number of rotatable bonds is 4. The Morgan fingerprint density at radius 1 is 1.00 bits per heavy atom. The molecule has 1 atom stereocenters. The van der Waals surface area contributed by atoms with E-state index >= 15 is 0 Å². The summed E-state index contributed by atoms with van der Waals surface area (Å²) in [5, 5.41) is 3.92. The number of H-pyrrole nitrogens is 1. The normalized spacial score (nSPS) is 17.4. The predicted molar refractivity (Wildman–Crippen MR) is 110 cm³/mol. The third-order valence-electron chi connectivity index (χ3n) is 5.37. The molecule has 0 aliphatic carbocycles. The highest BCUT2D eigenvalue weighted by Gasteiger charge is 2.38. The van der Waals surface area contributed by atoms with E-state index in [0.717, 1.165) is 22.0 Å². The summed E-state index contributed by atoms with van der Waals surface area (Å²) >= 11 is 0. The third-order valence-corrected chi connectivity index (χ3v) is 5.37. The lowest BCUT2D eigenvalue weighted by Gasteiger charge is -2.20. The maximum Gasteiger partial charge on any atom is 0.325 e. The molecule has 3 aromatic rings. The summed E-state index contributed by atoms with van der Waals surface area (Å²) in [4.78, 5) is 29.8. The van der Waals surface area contributed by atoms with Crippen molar-refractivity contribution in [1.82, 2.24) is 15.2 Å². The Morgan fingerprint density at radius 3 is 2.43 bits per heavy atom. The van der Waals surface area contributed by atoms with Gasteiger partial charge in [0.15, 0.2) is 0 Å². The zero-order chi connectivity index (χ0) is 19.9. The van der Waals surface area contributed by atoms with Crippen molar-refractivity contribution >= 4 is 22.8 Å². The summed E-state index contributed by atoms with van der Waals surface area (Å²) in [5.74, 6) is -0.171. The predicted octanol–water partition coefficient (Wildman–Crippen LogP) is 4.13. The van der Waals surface area contributed by atoms with Crippen LogP contribution in [-0.4, -0.2) is 27.9 Å². The van der Waals surface area contributed by atoms with E-state index in [-0.39, 0.29) is 17.4 Å². The molecule has 1 fully saturated rings. The molecule has 0 unspecified atom stereocenters. The molecule has 2 N–H and O–H groups in total. The van der Waals surface area contributed by atoms with Gasteiger partial charge >= 0.3 is 6.03 Å². The molecule has 1 aliphatic rings. The molecular formula is C23H25N3O2. The van der Waals surface area contributed by atoms with E-state index in [4.69, 9.17) is 0 Å². The fourth-order valence-electron chi connectivity index (χ4n) is 3.68. The summed E-state index contributed by atoms with van der Waals surface area (Å²) in [6.45, 7) is 6.78. The number of carbonyl (C=O) groups excluding carboxylic acids is 2. The number of nitrogens with one attached hydrogen (secondary N) is 2. The smallest absolute Gasteiger partial charge is 0.325 e. The first-order valence-electron chi connectivity index (χ1n) is 9.59. The van der Waals surface area contributed by atoms with Gasteiger partial charge in [-0.15, -0.1) is 0 Å². The Balaban J connectivity index is 1.48. The van der Waals surface area contributed by atoms with E-state index in [1.807, 2.05) is 42.6 Å². The number of hydrogen-bond donors (Lipinski definition) is 2. The molecule has 28 heavy (non-hydrogen) atoms. The van der Waals surface area contributed by atoms with Gasteiger partial charge in [-0.1, -0.05) is 63.2 Å². The molecule has 0 saturated carbocycles. The van der Waals surface area contributed by atoms with Gasteiger partial charge in [0.05, 0.1) is 6.54 Å². The Morgan fingerprint density at radius 2 is 1.71 bits per heavy atom. The lowest BCUT2D eigenvalue weighted by Crippen LogP contribution is -2.32. The summed E-state index contributed by atoms with van der Waals surface area (Å²) < 4.78 is 0. The first-order chi connectivity index (χ1) is 13.3. The number of aromatic amines is 1. The van der Waals surface area contributed by atoms with Crippen molar-refractivity contribution in [3.8, 4) is 0 Å². The van der Waals surface area contributed by atoms with Crippen LogP contribution in [0.5, 0.6) is 0 Å². The molecular weight excluding hydrogens is 350 g/mol. The molecule has 5 heteroatoms. The van der Waals surface area contributed by atoms with Crippen LogP contribution in [0.4, 0.5) is 4.79 Å². The fraction of sp³-hybridized carbons (Fsp3) is 0.304. The quantitative estimate of drug-likeness (QED) is 0.674. The van der Waals surface area contributed by atoms with Crippen molar-refractivity contribution in [1.29, 1.82) is 0 Å². The van der Waals surface area contributed by atoms with E-state index in [1.165, 1.54) is 10.5 Å². The average Bonchev–Trinajstić information content (AvgIpc) is 3.18. The Kier molecular flexibility index (Phi) is 4.46. The second-order valence-corrected chi connectivity index (χ2v) is 8.44. The third kappa shape index (κ3) is 3.40. The van der Waals surface area contributed by atoms with Crippen LogP contribution in [0, 0.1) is 0 Å². The van der Waals surface area contributed by atoms with Crippen LogP contribution in [-0.2, 0) is 23.2 Å². The highest BCUT2D eigenvalue weighted by atomic mass is 16.2. The van der Waals surface area contributed by atoms with Crippen molar-refractivity contribution in [3.05, 3.63) is 71.4 Å².